The van der Waals surface area contributed by atoms with Gasteiger partial charge in [0.2, 0.25) is 0 Å². The van der Waals surface area contributed by atoms with Crippen molar-refractivity contribution in [2.75, 3.05) is 6.61 Å². The van der Waals surface area contributed by atoms with Crippen LogP contribution in [-0.2, 0) is 4.79 Å². The Kier molecular flexibility index (Phi) is 5.46. The van der Waals surface area contributed by atoms with Crippen LogP contribution in [0, 0.1) is 11.6 Å². The number of ether oxygens (including phenoxy) is 1. The molecule has 0 unspecified atom stereocenters. The maximum absolute atomic E-state index is 12.9. The Morgan fingerprint density at radius 2 is 1.48 bits per heavy atom. The number of carbonyl (C=O) groups is 2. The van der Waals surface area contributed by atoms with Gasteiger partial charge < -0.3 is 9.15 Å². The summed E-state index contributed by atoms with van der Waals surface area (Å²) in [6, 6.07) is 13.7. The van der Waals surface area contributed by atoms with E-state index >= 15 is 0 Å². The van der Waals surface area contributed by atoms with Crippen molar-refractivity contribution in [3.05, 3.63) is 78.1 Å². The summed E-state index contributed by atoms with van der Waals surface area (Å²) in [5.74, 6) is -1.42. The van der Waals surface area contributed by atoms with Crippen molar-refractivity contribution in [2.24, 2.45) is 0 Å². The van der Waals surface area contributed by atoms with Gasteiger partial charge in [-0.2, -0.15) is 0 Å². The molecule has 8 heteroatoms. The van der Waals surface area contributed by atoms with Crippen molar-refractivity contribution in [3.8, 4) is 17.1 Å². The molecule has 0 bridgehead atoms. The summed E-state index contributed by atoms with van der Waals surface area (Å²) >= 11 is 0. The number of carbonyl (C=O) groups excluding carboxylic acids is 2. The van der Waals surface area contributed by atoms with Gasteiger partial charge in [-0.05, 0) is 60.7 Å². The van der Waals surface area contributed by atoms with Gasteiger partial charge in [0.15, 0.2) is 12.4 Å². The second-order valence-electron chi connectivity index (χ2n) is 5.42. The maximum Gasteiger partial charge on any atom is 0.305 e. The van der Waals surface area contributed by atoms with E-state index in [2.05, 4.69) is 10.9 Å². The van der Waals surface area contributed by atoms with E-state index in [0.29, 0.717) is 17.1 Å². The molecule has 27 heavy (non-hydrogen) atoms. The molecule has 0 saturated carbocycles. The molecule has 0 atom stereocenters. The van der Waals surface area contributed by atoms with Crippen LogP contribution in [0.1, 0.15) is 10.6 Å². The highest BCUT2D eigenvalue weighted by atomic mass is 19.1. The highest BCUT2D eigenvalue weighted by Gasteiger charge is 2.13. The molecular formula is C19H14F2N2O4. The summed E-state index contributed by atoms with van der Waals surface area (Å²) < 4.78 is 36.3. The van der Waals surface area contributed by atoms with E-state index < -0.39 is 17.6 Å². The van der Waals surface area contributed by atoms with E-state index in [4.69, 9.17) is 9.15 Å². The van der Waals surface area contributed by atoms with Crippen LogP contribution >= 0.6 is 0 Å². The third-order valence-corrected chi connectivity index (χ3v) is 3.46. The van der Waals surface area contributed by atoms with Gasteiger partial charge in [0.25, 0.3) is 5.91 Å². The number of hydrogen-bond donors (Lipinski definition) is 2. The Hall–Kier alpha value is -3.68. The van der Waals surface area contributed by atoms with Crippen molar-refractivity contribution in [1.82, 2.24) is 10.9 Å². The lowest BCUT2D eigenvalue weighted by molar-refractivity contribution is -0.123. The molecule has 1 heterocycles. The zero-order valence-corrected chi connectivity index (χ0v) is 13.9. The Morgan fingerprint density at radius 1 is 0.852 bits per heavy atom. The predicted molar refractivity (Wildman–Crippen MR) is 91.6 cm³/mol. The predicted octanol–water partition coefficient (Wildman–Crippen LogP) is 3.06. The van der Waals surface area contributed by atoms with Crippen molar-refractivity contribution < 1.29 is 27.5 Å². The summed E-state index contributed by atoms with van der Waals surface area (Å²) in [5, 5.41) is 0. The van der Waals surface area contributed by atoms with E-state index in [1.165, 1.54) is 54.6 Å². The van der Waals surface area contributed by atoms with Gasteiger partial charge in [0.05, 0.1) is 0 Å². The number of benzene rings is 2. The third-order valence-electron chi connectivity index (χ3n) is 3.46. The number of rotatable bonds is 5. The first-order valence-electron chi connectivity index (χ1n) is 7.84. The minimum atomic E-state index is -0.668. The van der Waals surface area contributed by atoms with E-state index in [1.54, 1.807) is 6.07 Å². The van der Waals surface area contributed by atoms with Crippen LogP contribution in [0.3, 0.4) is 0 Å². The summed E-state index contributed by atoms with van der Waals surface area (Å²) in [7, 11) is 0. The first-order chi connectivity index (χ1) is 13.0. The average Bonchev–Trinajstić information content (AvgIpc) is 3.16. The molecule has 3 rings (SSSR count). The van der Waals surface area contributed by atoms with Crippen molar-refractivity contribution in [1.29, 1.82) is 0 Å². The first kappa shape index (κ1) is 18.1. The number of hydrogen-bond acceptors (Lipinski definition) is 4. The molecule has 6 nitrogen and oxygen atoms in total. The first-order valence-corrected chi connectivity index (χ1v) is 7.84. The molecule has 138 valence electrons. The van der Waals surface area contributed by atoms with Gasteiger partial charge in [0, 0.05) is 5.56 Å². The summed E-state index contributed by atoms with van der Waals surface area (Å²) in [6.45, 7) is -0.370. The van der Waals surface area contributed by atoms with Gasteiger partial charge >= 0.3 is 5.91 Å². The minimum Gasteiger partial charge on any atom is -0.484 e. The fourth-order valence-corrected chi connectivity index (χ4v) is 2.13. The number of amides is 2. The highest BCUT2D eigenvalue weighted by molar-refractivity contribution is 5.93. The normalized spacial score (nSPS) is 10.3. The third kappa shape index (κ3) is 4.91. The van der Waals surface area contributed by atoms with Crippen molar-refractivity contribution in [2.45, 2.75) is 0 Å². The van der Waals surface area contributed by atoms with Gasteiger partial charge in [0.1, 0.15) is 23.1 Å². The number of halogens is 2. The molecule has 2 amide bonds. The Labute approximate surface area is 152 Å². The largest absolute Gasteiger partial charge is 0.484 e. The Balaban J connectivity index is 1.49. The standard InChI is InChI=1S/C19H14F2N2O4/c20-13-3-1-12(2-4-13)16-9-10-17(27-16)19(25)23-22-18(24)11-26-15-7-5-14(21)6-8-15/h1-10H,11H2,(H,22,24)(H,23,25). The number of furan rings is 1. The van der Waals surface area contributed by atoms with Crippen LogP contribution in [0.5, 0.6) is 5.75 Å². The molecule has 2 aromatic carbocycles. The lowest BCUT2D eigenvalue weighted by Gasteiger charge is -2.08. The Morgan fingerprint density at radius 3 is 2.15 bits per heavy atom. The van der Waals surface area contributed by atoms with Crippen LogP contribution < -0.4 is 15.6 Å². The van der Waals surface area contributed by atoms with Crippen molar-refractivity contribution >= 4 is 11.8 Å². The second-order valence-corrected chi connectivity index (χ2v) is 5.42. The molecular weight excluding hydrogens is 358 g/mol. The molecule has 3 aromatic rings. The zero-order valence-electron chi connectivity index (χ0n) is 13.9. The Bertz CT molecular complexity index is 937. The molecule has 0 aliphatic rings. The van der Waals surface area contributed by atoms with Crippen LogP contribution in [-0.4, -0.2) is 18.4 Å². The smallest absolute Gasteiger partial charge is 0.305 e. The highest BCUT2D eigenvalue weighted by Crippen LogP contribution is 2.22. The van der Waals surface area contributed by atoms with Crippen LogP contribution in [0.2, 0.25) is 0 Å². The molecule has 0 spiro atoms. The molecule has 0 aliphatic heterocycles. The fraction of sp³-hybridized carbons (Fsp3) is 0.0526. The van der Waals surface area contributed by atoms with Gasteiger partial charge in [-0.15, -0.1) is 0 Å². The fourth-order valence-electron chi connectivity index (χ4n) is 2.13. The van der Waals surface area contributed by atoms with Crippen LogP contribution in [0.4, 0.5) is 8.78 Å². The quantitative estimate of drug-likeness (QED) is 0.675. The molecule has 1 aromatic heterocycles. The zero-order chi connectivity index (χ0) is 19.2. The molecule has 2 N–H and O–H groups in total. The lowest BCUT2D eigenvalue weighted by Crippen LogP contribution is -2.43. The number of nitrogens with one attached hydrogen (secondary N) is 2. The van der Waals surface area contributed by atoms with Gasteiger partial charge in [-0.25, -0.2) is 8.78 Å². The monoisotopic (exact) mass is 372 g/mol. The van der Waals surface area contributed by atoms with Crippen LogP contribution in [0.15, 0.2) is 65.1 Å². The lowest BCUT2D eigenvalue weighted by atomic mass is 10.2. The summed E-state index contributed by atoms with van der Waals surface area (Å²) in [5.41, 5.74) is 4.96. The summed E-state index contributed by atoms with van der Waals surface area (Å²) in [6.07, 6.45) is 0. The SMILES string of the molecule is O=C(COc1ccc(F)cc1)NNC(=O)c1ccc(-c2ccc(F)cc2)o1. The average molecular weight is 372 g/mol. The van der Waals surface area contributed by atoms with E-state index in [9.17, 15) is 18.4 Å². The summed E-state index contributed by atoms with van der Waals surface area (Å²) in [4.78, 5) is 23.7. The van der Waals surface area contributed by atoms with Crippen molar-refractivity contribution in [3.63, 3.8) is 0 Å². The van der Waals surface area contributed by atoms with Crippen LogP contribution in [0.25, 0.3) is 11.3 Å². The molecule has 0 saturated heterocycles. The number of hydrazine groups is 1. The van der Waals surface area contributed by atoms with E-state index in [1.807, 2.05) is 0 Å². The topological polar surface area (TPSA) is 80.6 Å². The minimum absolute atomic E-state index is 0.0333. The molecule has 0 aliphatic carbocycles. The van der Waals surface area contributed by atoms with E-state index in [0.717, 1.165) is 0 Å². The molecule has 0 radical (unpaired) electrons. The second kappa shape index (κ2) is 8.13. The van der Waals surface area contributed by atoms with Gasteiger partial charge in [-0.3, -0.25) is 20.4 Å². The van der Waals surface area contributed by atoms with Gasteiger partial charge in [-0.1, -0.05) is 0 Å². The van der Waals surface area contributed by atoms with E-state index in [-0.39, 0.29) is 18.2 Å². The maximum atomic E-state index is 12.9. The molecule has 0 fully saturated rings.